The lowest BCUT2D eigenvalue weighted by Gasteiger charge is -2.30. The normalized spacial score (nSPS) is 14.8. The third-order valence-electron chi connectivity index (χ3n) is 5.63. The Kier molecular flexibility index (Phi) is 6.65. The Morgan fingerprint density at radius 3 is 2.69 bits per heavy atom. The number of ether oxygens (including phenoxy) is 2. The predicted molar refractivity (Wildman–Crippen MR) is 121 cm³/mol. The Morgan fingerprint density at radius 1 is 1.19 bits per heavy atom. The van der Waals surface area contributed by atoms with Gasteiger partial charge in [-0.1, -0.05) is 12.1 Å². The van der Waals surface area contributed by atoms with Crippen LogP contribution in [0.25, 0.3) is 0 Å². The quantitative estimate of drug-likeness (QED) is 0.608. The molecular formula is C23H28N6O3. The summed E-state index contributed by atoms with van der Waals surface area (Å²) in [4.78, 5) is 15.6. The second kappa shape index (κ2) is 9.78. The highest BCUT2D eigenvalue weighted by atomic mass is 16.5. The van der Waals surface area contributed by atoms with Crippen molar-refractivity contribution in [2.75, 3.05) is 43.6 Å². The van der Waals surface area contributed by atoms with E-state index in [-0.39, 0.29) is 5.91 Å². The lowest BCUT2D eigenvalue weighted by molar-refractivity contribution is -0.119. The molecule has 0 radical (unpaired) electrons. The summed E-state index contributed by atoms with van der Waals surface area (Å²) in [7, 11) is 1.62. The molecule has 1 aliphatic heterocycles. The number of carbonyl (C=O) groups is 1. The van der Waals surface area contributed by atoms with Crippen molar-refractivity contribution in [2.45, 2.75) is 26.3 Å². The number of aryl methyl sites for hydroxylation is 2. The van der Waals surface area contributed by atoms with E-state index in [9.17, 15) is 4.79 Å². The summed E-state index contributed by atoms with van der Waals surface area (Å²) < 4.78 is 12.3. The van der Waals surface area contributed by atoms with E-state index in [2.05, 4.69) is 38.7 Å². The van der Waals surface area contributed by atoms with Gasteiger partial charge >= 0.3 is 0 Å². The predicted octanol–water partition coefficient (Wildman–Crippen LogP) is 2.56. The standard InChI is InChI=1S/C23H28N6O3/c1-16-13-19(7-8-21(16)28-9-11-32-12-10-28)24-23(30)22(29-17(2)25-26-27-29)15-18-5-4-6-20(14-18)31-3/h4-8,13-14,22H,9-12,15H2,1-3H3,(H,24,30). The van der Waals surface area contributed by atoms with E-state index < -0.39 is 6.04 Å². The molecule has 1 fully saturated rings. The van der Waals surface area contributed by atoms with Crippen LogP contribution in [0.1, 0.15) is 23.0 Å². The van der Waals surface area contributed by atoms with Gasteiger partial charge in [-0.05, 0) is 65.7 Å². The lowest BCUT2D eigenvalue weighted by atomic mass is 10.0. The molecule has 1 saturated heterocycles. The first-order chi connectivity index (χ1) is 15.5. The SMILES string of the molecule is COc1cccc(CC(C(=O)Nc2ccc(N3CCOCC3)c(C)c2)n2nnnc2C)c1. The number of aromatic nitrogens is 4. The average Bonchev–Trinajstić information content (AvgIpc) is 3.23. The molecule has 3 aromatic rings. The fraction of sp³-hybridized carbons (Fsp3) is 0.391. The highest BCUT2D eigenvalue weighted by Gasteiger charge is 2.25. The van der Waals surface area contributed by atoms with Crippen molar-refractivity contribution in [2.24, 2.45) is 0 Å². The van der Waals surface area contributed by atoms with Crippen molar-refractivity contribution < 1.29 is 14.3 Å². The second-order valence-corrected chi connectivity index (χ2v) is 7.83. The molecule has 0 bridgehead atoms. The molecule has 9 heteroatoms. The van der Waals surface area contributed by atoms with Crippen molar-refractivity contribution in [1.82, 2.24) is 20.2 Å². The van der Waals surface area contributed by atoms with Crippen LogP contribution in [0.4, 0.5) is 11.4 Å². The summed E-state index contributed by atoms with van der Waals surface area (Å²) in [6.45, 7) is 7.04. The van der Waals surface area contributed by atoms with E-state index >= 15 is 0 Å². The van der Waals surface area contributed by atoms with Gasteiger partial charge in [0.15, 0.2) is 0 Å². The first-order valence-electron chi connectivity index (χ1n) is 10.7. The fourth-order valence-corrected chi connectivity index (χ4v) is 3.96. The van der Waals surface area contributed by atoms with E-state index in [0.29, 0.717) is 12.2 Å². The molecule has 4 rings (SSSR count). The second-order valence-electron chi connectivity index (χ2n) is 7.83. The zero-order valence-corrected chi connectivity index (χ0v) is 18.6. The number of hydrogen-bond acceptors (Lipinski definition) is 7. The fourth-order valence-electron chi connectivity index (χ4n) is 3.96. The van der Waals surface area contributed by atoms with E-state index in [1.54, 1.807) is 18.7 Å². The van der Waals surface area contributed by atoms with Gasteiger partial charge in [0.1, 0.15) is 17.6 Å². The number of nitrogens with one attached hydrogen (secondary N) is 1. The molecule has 9 nitrogen and oxygen atoms in total. The molecule has 1 unspecified atom stereocenters. The van der Waals surface area contributed by atoms with Crippen LogP contribution in [-0.4, -0.2) is 59.5 Å². The molecule has 2 heterocycles. The molecule has 1 aliphatic rings. The number of benzene rings is 2. The summed E-state index contributed by atoms with van der Waals surface area (Å²) in [6, 6.07) is 13.0. The van der Waals surface area contributed by atoms with Gasteiger partial charge in [-0.2, -0.15) is 0 Å². The van der Waals surface area contributed by atoms with Crippen LogP contribution < -0.4 is 15.0 Å². The van der Waals surface area contributed by atoms with Crippen LogP contribution in [0.3, 0.4) is 0 Å². The van der Waals surface area contributed by atoms with Gasteiger partial charge in [-0.15, -0.1) is 5.10 Å². The maximum absolute atomic E-state index is 13.3. The van der Waals surface area contributed by atoms with Gasteiger partial charge in [0, 0.05) is 30.9 Å². The lowest BCUT2D eigenvalue weighted by Crippen LogP contribution is -2.36. The Morgan fingerprint density at radius 2 is 2.00 bits per heavy atom. The third kappa shape index (κ3) is 4.88. The molecule has 0 aliphatic carbocycles. The van der Waals surface area contributed by atoms with Crippen LogP contribution >= 0.6 is 0 Å². The van der Waals surface area contributed by atoms with Gasteiger partial charge in [0.2, 0.25) is 5.91 Å². The zero-order valence-electron chi connectivity index (χ0n) is 18.6. The molecule has 1 atom stereocenters. The van der Waals surface area contributed by atoms with Crippen LogP contribution in [0, 0.1) is 13.8 Å². The third-order valence-corrected chi connectivity index (χ3v) is 5.63. The number of tetrazole rings is 1. The van der Waals surface area contributed by atoms with Gasteiger partial charge in [0.25, 0.3) is 0 Å². The van der Waals surface area contributed by atoms with Crippen LogP contribution in [0.5, 0.6) is 5.75 Å². The Bertz CT molecular complexity index is 1080. The Balaban J connectivity index is 1.54. The molecule has 2 aromatic carbocycles. The van der Waals surface area contributed by atoms with E-state index in [1.165, 1.54) is 0 Å². The monoisotopic (exact) mass is 436 g/mol. The maximum atomic E-state index is 13.3. The number of nitrogens with zero attached hydrogens (tertiary/aromatic N) is 5. The van der Waals surface area contributed by atoms with Gasteiger partial charge in [-0.25, -0.2) is 4.68 Å². The van der Waals surface area contributed by atoms with Gasteiger partial charge in [0.05, 0.1) is 20.3 Å². The topological polar surface area (TPSA) is 94.4 Å². The zero-order chi connectivity index (χ0) is 22.5. The van der Waals surface area contributed by atoms with E-state index in [4.69, 9.17) is 9.47 Å². The Hall–Kier alpha value is -3.46. The number of amides is 1. The number of carbonyl (C=O) groups excluding carboxylic acids is 1. The van der Waals surface area contributed by atoms with Gasteiger partial charge < -0.3 is 19.7 Å². The van der Waals surface area contributed by atoms with Crippen molar-refractivity contribution in [3.63, 3.8) is 0 Å². The number of methoxy groups -OCH3 is 1. The van der Waals surface area contributed by atoms with Crippen molar-refractivity contribution in [1.29, 1.82) is 0 Å². The molecule has 1 aromatic heterocycles. The van der Waals surface area contributed by atoms with E-state index in [1.807, 2.05) is 36.4 Å². The van der Waals surface area contributed by atoms with Crippen molar-refractivity contribution >= 4 is 17.3 Å². The number of hydrogen-bond donors (Lipinski definition) is 1. The number of anilines is 2. The maximum Gasteiger partial charge on any atom is 0.249 e. The van der Waals surface area contributed by atoms with Crippen molar-refractivity contribution in [3.05, 3.63) is 59.4 Å². The minimum Gasteiger partial charge on any atom is -0.497 e. The Labute approximate surface area is 187 Å². The molecule has 1 N–H and O–H groups in total. The average molecular weight is 437 g/mol. The molecular weight excluding hydrogens is 408 g/mol. The summed E-state index contributed by atoms with van der Waals surface area (Å²) in [5.74, 6) is 1.14. The van der Waals surface area contributed by atoms with Crippen LogP contribution in [0.2, 0.25) is 0 Å². The van der Waals surface area contributed by atoms with Gasteiger partial charge in [-0.3, -0.25) is 4.79 Å². The first-order valence-corrected chi connectivity index (χ1v) is 10.7. The van der Waals surface area contributed by atoms with Crippen LogP contribution in [-0.2, 0) is 16.0 Å². The molecule has 168 valence electrons. The van der Waals surface area contributed by atoms with E-state index in [0.717, 1.165) is 54.6 Å². The molecule has 0 spiro atoms. The first kappa shape index (κ1) is 21.8. The highest BCUT2D eigenvalue weighted by molar-refractivity contribution is 5.94. The summed E-state index contributed by atoms with van der Waals surface area (Å²) in [6.07, 6.45) is 0.430. The molecule has 1 amide bonds. The minimum absolute atomic E-state index is 0.179. The minimum atomic E-state index is -0.601. The number of morpholine rings is 1. The van der Waals surface area contributed by atoms with Crippen LogP contribution in [0.15, 0.2) is 42.5 Å². The highest BCUT2D eigenvalue weighted by Crippen LogP contribution is 2.26. The largest absolute Gasteiger partial charge is 0.497 e. The summed E-state index contributed by atoms with van der Waals surface area (Å²) >= 11 is 0. The molecule has 0 saturated carbocycles. The summed E-state index contributed by atoms with van der Waals surface area (Å²) in [5, 5.41) is 14.8. The molecule has 32 heavy (non-hydrogen) atoms. The number of rotatable bonds is 7. The van der Waals surface area contributed by atoms with Crippen molar-refractivity contribution in [3.8, 4) is 5.75 Å². The smallest absolute Gasteiger partial charge is 0.249 e. The summed E-state index contributed by atoms with van der Waals surface area (Å²) in [5.41, 5.74) is 3.97.